The SMILES string of the molecule is CSCCC(N)C(=O)NC(Cc1ccc(O)cc1)C(=O)NC(CCSC)C(=O)NC(CO)C(=O)O. The molecule has 0 radical (unpaired) electrons. The Kier molecular flexibility index (Phi) is 14.2. The molecule has 8 N–H and O–H groups in total. The first-order chi connectivity index (χ1) is 16.6. The van der Waals surface area contributed by atoms with Crippen LogP contribution in [0.5, 0.6) is 5.75 Å². The van der Waals surface area contributed by atoms with Gasteiger partial charge >= 0.3 is 5.97 Å². The van der Waals surface area contributed by atoms with Crippen molar-refractivity contribution in [1.29, 1.82) is 0 Å². The van der Waals surface area contributed by atoms with E-state index in [4.69, 9.17) is 10.8 Å². The fraction of sp³-hybridized carbons (Fsp3) is 0.545. The van der Waals surface area contributed by atoms with Crippen molar-refractivity contribution in [2.75, 3.05) is 30.6 Å². The van der Waals surface area contributed by atoms with E-state index in [0.29, 0.717) is 23.5 Å². The minimum atomic E-state index is -1.52. The summed E-state index contributed by atoms with van der Waals surface area (Å²) in [5.74, 6) is -2.15. The zero-order valence-corrected chi connectivity index (χ0v) is 21.4. The molecule has 0 aliphatic rings. The molecular formula is C22H34N4O7S2. The van der Waals surface area contributed by atoms with Gasteiger partial charge in [-0.1, -0.05) is 12.1 Å². The summed E-state index contributed by atoms with van der Waals surface area (Å²) < 4.78 is 0. The van der Waals surface area contributed by atoms with E-state index in [9.17, 15) is 29.4 Å². The van der Waals surface area contributed by atoms with Crippen LogP contribution >= 0.6 is 23.5 Å². The van der Waals surface area contributed by atoms with Crippen LogP contribution in [0.15, 0.2) is 24.3 Å². The van der Waals surface area contributed by atoms with Crippen LogP contribution in [0.4, 0.5) is 0 Å². The molecule has 196 valence electrons. The Morgan fingerprint density at radius 1 is 0.857 bits per heavy atom. The van der Waals surface area contributed by atoms with Gasteiger partial charge in [-0.25, -0.2) is 4.79 Å². The van der Waals surface area contributed by atoms with E-state index in [-0.39, 0.29) is 18.6 Å². The van der Waals surface area contributed by atoms with E-state index >= 15 is 0 Å². The largest absolute Gasteiger partial charge is 0.508 e. The van der Waals surface area contributed by atoms with Crippen molar-refractivity contribution in [2.24, 2.45) is 5.73 Å². The highest BCUT2D eigenvalue weighted by Gasteiger charge is 2.30. The molecule has 3 amide bonds. The molecule has 4 atom stereocenters. The van der Waals surface area contributed by atoms with E-state index in [1.807, 2.05) is 12.5 Å². The van der Waals surface area contributed by atoms with Crippen molar-refractivity contribution in [3.05, 3.63) is 29.8 Å². The van der Waals surface area contributed by atoms with Crippen molar-refractivity contribution in [2.45, 2.75) is 43.4 Å². The molecule has 0 saturated carbocycles. The highest BCUT2D eigenvalue weighted by atomic mass is 32.2. The Morgan fingerprint density at radius 3 is 1.91 bits per heavy atom. The number of thioether (sulfide) groups is 2. The first-order valence-electron chi connectivity index (χ1n) is 10.9. The van der Waals surface area contributed by atoms with E-state index in [2.05, 4.69) is 16.0 Å². The number of phenolic OH excluding ortho intramolecular Hbond substituents is 1. The molecule has 11 nitrogen and oxygen atoms in total. The summed E-state index contributed by atoms with van der Waals surface area (Å²) in [4.78, 5) is 49.7. The molecule has 1 rings (SSSR count). The van der Waals surface area contributed by atoms with Gasteiger partial charge in [-0.3, -0.25) is 14.4 Å². The summed E-state index contributed by atoms with van der Waals surface area (Å²) in [6, 6.07) is 1.60. The first kappa shape index (κ1) is 30.6. The Morgan fingerprint density at radius 2 is 1.37 bits per heavy atom. The van der Waals surface area contributed by atoms with Crippen LogP contribution in [0.2, 0.25) is 0 Å². The van der Waals surface area contributed by atoms with Gasteiger partial charge in [0.15, 0.2) is 0 Å². The van der Waals surface area contributed by atoms with Crippen LogP contribution in [-0.4, -0.2) is 93.8 Å². The van der Waals surface area contributed by atoms with Crippen LogP contribution in [0.25, 0.3) is 0 Å². The molecule has 0 aliphatic heterocycles. The number of carboxylic acid groups (broad SMARTS) is 1. The fourth-order valence-corrected chi connectivity index (χ4v) is 3.93. The second kappa shape index (κ2) is 16.2. The first-order valence-corrected chi connectivity index (χ1v) is 13.7. The normalized spacial score (nSPS) is 14.3. The van der Waals surface area contributed by atoms with Gasteiger partial charge < -0.3 is 37.0 Å². The fourth-order valence-electron chi connectivity index (χ4n) is 2.97. The Balaban J connectivity index is 3.06. The number of aliphatic hydroxyl groups excluding tert-OH is 1. The van der Waals surface area contributed by atoms with Crippen molar-refractivity contribution in [3.8, 4) is 5.75 Å². The van der Waals surface area contributed by atoms with Gasteiger partial charge in [0.2, 0.25) is 17.7 Å². The van der Waals surface area contributed by atoms with Crippen LogP contribution in [0.1, 0.15) is 18.4 Å². The van der Waals surface area contributed by atoms with Crippen LogP contribution in [0.3, 0.4) is 0 Å². The molecule has 35 heavy (non-hydrogen) atoms. The summed E-state index contributed by atoms with van der Waals surface area (Å²) in [7, 11) is 0. The molecule has 1 aromatic carbocycles. The summed E-state index contributed by atoms with van der Waals surface area (Å²) in [6.45, 7) is -0.808. The van der Waals surface area contributed by atoms with Crippen LogP contribution < -0.4 is 21.7 Å². The van der Waals surface area contributed by atoms with E-state index in [0.717, 1.165) is 0 Å². The maximum absolute atomic E-state index is 13.2. The minimum absolute atomic E-state index is 0.0449. The zero-order chi connectivity index (χ0) is 26.4. The molecular weight excluding hydrogens is 496 g/mol. The topological polar surface area (TPSA) is 191 Å². The van der Waals surface area contributed by atoms with Gasteiger partial charge in [0, 0.05) is 6.42 Å². The summed E-state index contributed by atoms with van der Waals surface area (Å²) in [6.07, 6.45) is 4.38. The highest BCUT2D eigenvalue weighted by molar-refractivity contribution is 7.98. The van der Waals surface area contributed by atoms with E-state index in [1.165, 1.54) is 35.7 Å². The lowest BCUT2D eigenvalue weighted by Gasteiger charge is -2.25. The van der Waals surface area contributed by atoms with E-state index in [1.54, 1.807) is 12.1 Å². The van der Waals surface area contributed by atoms with Crippen molar-refractivity contribution in [1.82, 2.24) is 16.0 Å². The number of nitrogens with two attached hydrogens (primary N) is 1. The van der Waals surface area contributed by atoms with Gasteiger partial charge in [0.1, 0.15) is 23.9 Å². The number of amides is 3. The van der Waals surface area contributed by atoms with Crippen molar-refractivity contribution in [3.63, 3.8) is 0 Å². The van der Waals surface area contributed by atoms with Gasteiger partial charge in [0.25, 0.3) is 0 Å². The second-order valence-corrected chi connectivity index (χ2v) is 9.72. The summed E-state index contributed by atoms with van der Waals surface area (Å²) >= 11 is 2.97. The Bertz CT molecular complexity index is 842. The zero-order valence-electron chi connectivity index (χ0n) is 19.7. The number of aliphatic hydroxyl groups is 1. The molecule has 0 aromatic heterocycles. The molecule has 13 heteroatoms. The standard InChI is InChI=1S/C22H34N4O7S2/c1-34-9-7-15(23)19(29)25-17(11-13-3-5-14(28)6-4-13)21(31)24-16(8-10-35-2)20(30)26-18(12-27)22(32)33/h3-6,15-18,27-28H,7-12,23H2,1-2H3,(H,24,31)(H,25,29)(H,26,30)(H,32,33). The number of aliphatic carboxylic acids is 1. The third-order valence-corrected chi connectivity index (χ3v) is 6.31. The van der Waals surface area contributed by atoms with Gasteiger partial charge in [-0.15, -0.1) is 0 Å². The van der Waals surface area contributed by atoms with Gasteiger partial charge in [-0.05, 0) is 54.6 Å². The van der Waals surface area contributed by atoms with Gasteiger partial charge in [0.05, 0.1) is 12.6 Å². The number of aromatic hydroxyl groups is 1. The number of carbonyl (C=O) groups is 4. The summed E-state index contributed by atoms with van der Waals surface area (Å²) in [5.41, 5.74) is 6.59. The van der Waals surface area contributed by atoms with Gasteiger partial charge in [-0.2, -0.15) is 23.5 Å². The third kappa shape index (κ3) is 11.2. The monoisotopic (exact) mass is 530 g/mol. The summed E-state index contributed by atoms with van der Waals surface area (Å²) in [5, 5.41) is 35.3. The molecule has 0 aliphatic carbocycles. The van der Waals surface area contributed by atoms with E-state index < -0.39 is 54.5 Å². The average Bonchev–Trinajstić information content (AvgIpc) is 2.83. The minimum Gasteiger partial charge on any atom is -0.508 e. The lowest BCUT2D eigenvalue weighted by atomic mass is 10.0. The Hall–Kier alpha value is -2.48. The lowest BCUT2D eigenvalue weighted by Crippen LogP contribution is -2.58. The highest BCUT2D eigenvalue weighted by Crippen LogP contribution is 2.12. The predicted molar refractivity (Wildman–Crippen MR) is 136 cm³/mol. The Labute approximate surface area is 213 Å². The number of hydrogen-bond acceptors (Lipinski definition) is 9. The number of carboxylic acids is 1. The molecule has 0 spiro atoms. The third-order valence-electron chi connectivity index (χ3n) is 5.02. The number of rotatable bonds is 16. The lowest BCUT2D eigenvalue weighted by molar-refractivity contribution is -0.143. The second-order valence-electron chi connectivity index (χ2n) is 7.74. The van der Waals surface area contributed by atoms with Crippen molar-refractivity contribution >= 4 is 47.2 Å². The smallest absolute Gasteiger partial charge is 0.328 e. The van der Waals surface area contributed by atoms with Crippen LogP contribution in [-0.2, 0) is 25.6 Å². The van der Waals surface area contributed by atoms with Crippen molar-refractivity contribution < 1.29 is 34.5 Å². The number of nitrogens with one attached hydrogen (secondary N) is 3. The molecule has 4 unspecified atom stereocenters. The molecule has 0 bridgehead atoms. The molecule has 0 saturated heterocycles. The number of benzene rings is 1. The quantitative estimate of drug-likeness (QED) is 0.144. The molecule has 0 heterocycles. The maximum atomic E-state index is 13.2. The molecule has 1 aromatic rings. The molecule has 0 fully saturated rings. The average molecular weight is 531 g/mol. The number of carbonyl (C=O) groups excluding carboxylic acids is 3. The predicted octanol–water partition coefficient (Wildman–Crippen LogP) is -0.700. The number of phenols is 1. The number of hydrogen-bond donors (Lipinski definition) is 7. The maximum Gasteiger partial charge on any atom is 0.328 e. The van der Waals surface area contributed by atoms with Crippen LogP contribution in [0, 0.1) is 0 Å².